The molecule has 0 spiro atoms. The van der Waals surface area contributed by atoms with Gasteiger partial charge in [-0.2, -0.15) is 0 Å². The van der Waals surface area contributed by atoms with Gasteiger partial charge in [-0.15, -0.1) is 0 Å². The van der Waals surface area contributed by atoms with Gasteiger partial charge in [-0.05, 0) is 37.3 Å². The van der Waals surface area contributed by atoms with Crippen molar-refractivity contribution in [1.82, 2.24) is 0 Å². The lowest BCUT2D eigenvalue weighted by atomic mass is 10.1. The molecule has 0 N–H and O–H groups in total. The van der Waals surface area contributed by atoms with Crippen molar-refractivity contribution in [2.75, 3.05) is 7.11 Å². The molecule has 1 aromatic carbocycles. The summed E-state index contributed by atoms with van der Waals surface area (Å²) in [7, 11) is 1.75. The molecule has 0 aliphatic heterocycles. The van der Waals surface area contributed by atoms with Gasteiger partial charge in [-0.25, -0.2) is 0 Å². The zero-order valence-corrected chi connectivity index (χ0v) is 9.52. The quantitative estimate of drug-likeness (QED) is 0.767. The summed E-state index contributed by atoms with van der Waals surface area (Å²) in [5.41, 5.74) is 2.59. The van der Waals surface area contributed by atoms with E-state index < -0.39 is 0 Å². The van der Waals surface area contributed by atoms with Crippen LogP contribution in [-0.4, -0.2) is 7.11 Å². The molecule has 0 saturated heterocycles. The molecule has 1 nitrogen and oxygen atoms in total. The van der Waals surface area contributed by atoms with Gasteiger partial charge in [0, 0.05) is 10.0 Å². The van der Waals surface area contributed by atoms with Gasteiger partial charge in [-0.1, -0.05) is 22.0 Å². The van der Waals surface area contributed by atoms with Crippen LogP contribution in [0.25, 0.3) is 0 Å². The molecular weight excluding hydrogens is 228 g/mol. The van der Waals surface area contributed by atoms with E-state index in [0.29, 0.717) is 0 Å². The van der Waals surface area contributed by atoms with E-state index in [1.165, 1.54) is 28.4 Å². The molecule has 0 radical (unpaired) electrons. The fourth-order valence-electron chi connectivity index (χ4n) is 1.71. The average molecular weight is 241 g/mol. The van der Waals surface area contributed by atoms with Gasteiger partial charge in [0.2, 0.25) is 0 Å². The van der Waals surface area contributed by atoms with Crippen molar-refractivity contribution in [3.05, 3.63) is 27.7 Å². The summed E-state index contributed by atoms with van der Waals surface area (Å²) >= 11 is 3.58. The molecule has 1 aromatic rings. The number of aryl methyl sites for hydroxylation is 1. The van der Waals surface area contributed by atoms with Crippen molar-refractivity contribution in [1.29, 1.82) is 0 Å². The normalized spacial score (nSPS) is 15.9. The Bertz CT molecular complexity index is 329. The second-order valence-electron chi connectivity index (χ2n) is 3.59. The number of methoxy groups -OCH3 is 1. The summed E-state index contributed by atoms with van der Waals surface area (Å²) in [6.07, 6.45) is 2.61. The molecule has 2 heteroatoms. The van der Waals surface area contributed by atoms with Crippen LogP contribution in [0.15, 0.2) is 16.6 Å². The topological polar surface area (TPSA) is 9.23 Å². The molecule has 13 heavy (non-hydrogen) atoms. The largest absolute Gasteiger partial charge is 0.496 e. The maximum Gasteiger partial charge on any atom is 0.126 e. The molecule has 0 heterocycles. The van der Waals surface area contributed by atoms with E-state index in [9.17, 15) is 0 Å². The van der Waals surface area contributed by atoms with Crippen molar-refractivity contribution in [3.63, 3.8) is 0 Å². The zero-order chi connectivity index (χ0) is 9.42. The van der Waals surface area contributed by atoms with Crippen LogP contribution in [-0.2, 0) is 0 Å². The molecule has 70 valence electrons. The van der Waals surface area contributed by atoms with Crippen molar-refractivity contribution >= 4 is 15.9 Å². The Morgan fingerprint density at radius 1 is 1.38 bits per heavy atom. The summed E-state index contributed by atoms with van der Waals surface area (Å²) in [6, 6.07) is 4.21. The highest BCUT2D eigenvalue weighted by Gasteiger charge is 2.29. The second-order valence-corrected chi connectivity index (χ2v) is 4.44. The molecule has 1 saturated carbocycles. The second kappa shape index (κ2) is 3.33. The fraction of sp³-hybridized carbons (Fsp3) is 0.455. The van der Waals surface area contributed by atoms with Gasteiger partial charge < -0.3 is 4.74 Å². The lowest BCUT2D eigenvalue weighted by molar-refractivity contribution is 0.406. The van der Waals surface area contributed by atoms with E-state index in [1.54, 1.807) is 7.11 Å². The molecule has 0 aromatic heterocycles. The van der Waals surface area contributed by atoms with Gasteiger partial charge in [0.25, 0.3) is 0 Å². The van der Waals surface area contributed by atoms with E-state index in [4.69, 9.17) is 4.74 Å². The third-order valence-electron chi connectivity index (χ3n) is 2.53. The molecule has 0 unspecified atom stereocenters. The Morgan fingerprint density at radius 3 is 2.62 bits per heavy atom. The smallest absolute Gasteiger partial charge is 0.126 e. The summed E-state index contributed by atoms with van der Waals surface area (Å²) < 4.78 is 6.62. The van der Waals surface area contributed by atoms with Gasteiger partial charge in [0.15, 0.2) is 0 Å². The Kier molecular flexibility index (Phi) is 2.33. The highest BCUT2D eigenvalue weighted by atomic mass is 79.9. The van der Waals surface area contributed by atoms with E-state index in [-0.39, 0.29) is 0 Å². The number of hydrogen-bond donors (Lipinski definition) is 0. The number of hydrogen-bond acceptors (Lipinski definition) is 1. The lowest BCUT2D eigenvalue weighted by Crippen LogP contribution is -1.94. The maximum atomic E-state index is 5.43. The molecule has 1 aliphatic rings. The minimum atomic E-state index is 0.726. The monoisotopic (exact) mass is 240 g/mol. The van der Waals surface area contributed by atoms with Gasteiger partial charge in [0.1, 0.15) is 5.75 Å². The first kappa shape index (κ1) is 9.07. The van der Waals surface area contributed by atoms with E-state index in [0.717, 1.165) is 11.7 Å². The predicted octanol–water partition coefficient (Wildman–Crippen LogP) is 3.64. The molecule has 0 atom stereocenters. The average Bonchev–Trinajstić information content (AvgIpc) is 2.91. The van der Waals surface area contributed by atoms with Gasteiger partial charge >= 0.3 is 0 Å². The van der Waals surface area contributed by atoms with Crippen LogP contribution in [0.3, 0.4) is 0 Å². The summed E-state index contributed by atoms with van der Waals surface area (Å²) in [5, 5.41) is 0. The lowest BCUT2D eigenvalue weighted by Gasteiger charge is -2.12. The highest BCUT2D eigenvalue weighted by Crippen LogP contribution is 2.48. The Morgan fingerprint density at radius 2 is 2.08 bits per heavy atom. The first-order valence-corrected chi connectivity index (χ1v) is 5.36. The highest BCUT2D eigenvalue weighted by molar-refractivity contribution is 9.10. The van der Waals surface area contributed by atoms with E-state index in [1.807, 2.05) is 0 Å². The third kappa shape index (κ3) is 1.60. The number of ether oxygens (including phenoxy) is 1. The summed E-state index contributed by atoms with van der Waals surface area (Å²) in [6.45, 7) is 2.09. The number of rotatable bonds is 2. The van der Waals surface area contributed by atoms with Crippen molar-refractivity contribution < 1.29 is 4.74 Å². The van der Waals surface area contributed by atoms with Gasteiger partial charge in [-0.3, -0.25) is 0 Å². The summed E-state index contributed by atoms with van der Waals surface area (Å²) in [4.78, 5) is 0. The van der Waals surface area contributed by atoms with Crippen molar-refractivity contribution in [3.8, 4) is 5.75 Å². The van der Waals surface area contributed by atoms with Crippen LogP contribution >= 0.6 is 15.9 Å². The van der Waals surface area contributed by atoms with Crippen LogP contribution in [0.5, 0.6) is 5.75 Å². The maximum absolute atomic E-state index is 5.43. The van der Waals surface area contributed by atoms with Gasteiger partial charge in [0.05, 0.1) is 7.11 Å². The SMILES string of the molecule is COc1c(C)ccc(Br)c1C1CC1. The Labute approximate surface area is 87.2 Å². The van der Waals surface area contributed by atoms with E-state index in [2.05, 4.69) is 35.0 Å². The van der Waals surface area contributed by atoms with Crippen molar-refractivity contribution in [2.24, 2.45) is 0 Å². The summed E-state index contributed by atoms with van der Waals surface area (Å²) in [5.74, 6) is 1.79. The number of benzene rings is 1. The first-order valence-electron chi connectivity index (χ1n) is 4.57. The molecule has 0 amide bonds. The molecular formula is C11H13BrO. The fourth-order valence-corrected chi connectivity index (χ4v) is 2.34. The third-order valence-corrected chi connectivity index (χ3v) is 3.22. The Hall–Kier alpha value is -0.500. The molecule has 1 aliphatic carbocycles. The van der Waals surface area contributed by atoms with Crippen LogP contribution < -0.4 is 4.74 Å². The predicted molar refractivity (Wildman–Crippen MR) is 57.4 cm³/mol. The minimum Gasteiger partial charge on any atom is -0.496 e. The standard InChI is InChI=1S/C11H13BrO/c1-7-3-6-9(12)10(8-4-5-8)11(7)13-2/h3,6,8H,4-5H2,1-2H3. The van der Waals surface area contributed by atoms with E-state index >= 15 is 0 Å². The van der Waals surface area contributed by atoms with Crippen LogP contribution in [0.2, 0.25) is 0 Å². The minimum absolute atomic E-state index is 0.726. The van der Waals surface area contributed by atoms with Crippen LogP contribution in [0, 0.1) is 6.92 Å². The van der Waals surface area contributed by atoms with Crippen LogP contribution in [0.4, 0.5) is 0 Å². The zero-order valence-electron chi connectivity index (χ0n) is 7.93. The number of halogens is 1. The molecule has 0 bridgehead atoms. The Balaban J connectivity index is 2.53. The molecule has 1 fully saturated rings. The first-order chi connectivity index (χ1) is 6.24. The van der Waals surface area contributed by atoms with Crippen molar-refractivity contribution in [2.45, 2.75) is 25.7 Å². The van der Waals surface area contributed by atoms with Crippen LogP contribution in [0.1, 0.15) is 29.9 Å². The molecule has 2 rings (SSSR count).